The van der Waals surface area contributed by atoms with E-state index in [2.05, 4.69) is 274 Å². The number of hydrogen-bond donors (Lipinski definition) is 0. The maximum absolute atomic E-state index is 5.89. The van der Waals surface area contributed by atoms with Crippen LogP contribution in [0.1, 0.15) is 127 Å². The van der Waals surface area contributed by atoms with Gasteiger partial charge in [-0.15, -0.1) is 0 Å². The van der Waals surface area contributed by atoms with Crippen molar-refractivity contribution in [2.45, 2.75) is 98.8 Å². The highest BCUT2D eigenvalue weighted by molar-refractivity contribution is 5.94. The molecular weight excluding hydrogens is 983 g/mol. The van der Waals surface area contributed by atoms with Crippen molar-refractivity contribution >= 4 is 21.9 Å². The van der Waals surface area contributed by atoms with Gasteiger partial charge in [-0.3, -0.25) is 4.98 Å². The molecule has 12 rings (SSSR count). The second-order valence-electron chi connectivity index (χ2n) is 22.1. The van der Waals surface area contributed by atoms with Crippen molar-refractivity contribution in [3.8, 4) is 56.0 Å². The van der Waals surface area contributed by atoms with E-state index in [0.29, 0.717) is 29.6 Å². The second kappa shape index (κ2) is 28.9. The minimum absolute atomic E-state index is 0.536. The van der Waals surface area contributed by atoms with Crippen LogP contribution in [0.2, 0.25) is 0 Å². The molecule has 12 aromatic rings. The van der Waals surface area contributed by atoms with Crippen LogP contribution in [0.4, 0.5) is 0 Å². The summed E-state index contributed by atoms with van der Waals surface area (Å²) in [7, 11) is 0. The lowest BCUT2D eigenvalue weighted by Gasteiger charge is -2.08. The number of hydrogen-bond acceptors (Lipinski definition) is 3. The fraction of sp³-hybridized carbons (Fsp3) is 0.192. The van der Waals surface area contributed by atoms with Gasteiger partial charge in [0, 0.05) is 33.7 Å². The van der Waals surface area contributed by atoms with Gasteiger partial charge in [0.25, 0.3) is 0 Å². The predicted octanol–water partition coefficient (Wildman–Crippen LogP) is 23.3. The molecule has 0 N–H and O–H groups in total. The number of aromatic nitrogens is 1. The fourth-order valence-corrected chi connectivity index (χ4v) is 9.45. The lowest BCUT2D eigenvalue weighted by atomic mass is 9.97. The smallest absolute Gasteiger partial charge is 0.135 e. The Hall–Kier alpha value is -8.79. The molecule has 0 unspecified atom stereocenters. The molecule has 0 aliphatic carbocycles. The number of pyridine rings is 1. The summed E-state index contributed by atoms with van der Waals surface area (Å²) >= 11 is 0. The molecule has 9 aromatic carbocycles. The van der Waals surface area contributed by atoms with E-state index in [-0.39, 0.29) is 0 Å². The van der Waals surface area contributed by atoms with Gasteiger partial charge in [-0.05, 0) is 128 Å². The Balaban J connectivity index is 0.000000133. The maximum atomic E-state index is 5.89. The van der Waals surface area contributed by atoms with Crippen LogP contribution >= 0.6 is 0 Å². The monoisotopic (exact) mass is 1060 g/mol. The van der Waals surface area contributed by atoms with Gasteiger partial charge in [-0.1, -0.05) is 282 Å². The van der Waals surface area contributed by atoms with Gasteiger partial charge in [0.15, 0.2) is 0 Å². The molecule has 3 nitrogen and oxygen atoms in total. The molecule has 3 heterocycles. The summed E-state index contributed by atoms with van der Waals surface area (Å²) in [6, 6.07) is 88.8. The van der Waals surface area contributed by atoms with Crippen LogP contribution in [0.25, 0.3) is 77.9 Å². The van der Waals surface area contributed by atoms with Crippen molar-refractivity contribution in [1.82, 2.24) is 4.98 Å². The van der Waals surface area contributed by atoms with E-state index in [4.69, 9.17) is 8.83 Å². The van der Waals surface area contributed by atoms with Crippen LogP contribution in [-0.2, 0) is 0 Å². The first-order valence-corrected chi connectivity index (χ1v) is 28.8. The number of fused-ring (bicyclic) bond motifs is 2. The molecule has 0 radical (unpaired) electrons. The highest BCUT2D eigenvalue weighted by Gasteiger charge is 2.11. The Morgan fingerprint density at radius 3 is 1.16 bits per heavy atom. The van der Waals surface area contributed by atoms with Gasteiger partial charge in [-0.2, -0.15) is 0 Å². The van der Waals surface area contributed by atoms with E-state index in [0.717, 1.165) is 33.6 Å². The Morgan fingerprint density at radius 2 is 0.679 bits per heavy atom. The lowest BCUT2D eigenvalue weighted by molar-refractivity contribution is 0.617. The molecule has 0 aliphatic heterocycles. The molecule has 0 amide bonds. The molecule has 0 spiro atoms. The maximum Gasteiger partial charge on any atom is 0.135 e. The zero-order chi connectivity index (χ0) is 57.1. The number of benzene rings is 9. The largest absolute Gasteiger partial charge is 0.464 e. The molecule has 0 fully saturated rings. The van der Waals surface area contributed by atoms with Crippen LogP contribution in [0.15, 0.2) is 276 Å². The quantitative estimate of drug-likeness (QED) is 0.137. The van der Waals surface area contributed by atoms with E-state index in [1.165, 1.54) is 72.1 Å². The standard InChI is InChI=1S/2C17H16O.2C15H16.C14H15N/c1-12(2)13-6-5-7-14(10-13)16-11-18-17-9-4-3-8-15(16)17;1-12(2)13-7-5-8-14(10-13)17-11-15-6-3-4-9-16(15)18-17;2*1-12(2)14-9-6-10-15(11-14)13-7-4-3-5-8-13;1-11(2)12-6-5-7-13(10-12)14-8-3-4-9-15-14/h2*3-12H,1-2H3;2*3-12H,1-2H3;3-11H,1-2H3. The molecule has 408 valence electrons. The SMILES string of the molecule is CC(C)c1cccc(-c2cc3ccccc3o2)c1.CC(C)c1cccc(-c2ccccc2)c1.CC(C)c1cccc(-c2ccccc2)c1.CC(C)c1cccc(-c2ccccn2)c1.CC(C)c1cccc(-c2coc3ccccc23)c1. The van der Waals surface area contributed by atoms with Gasteiger partial charge in [0.1, 0.15) is 16.9 Å². The van der Waals surface area contributed by atoms with Crippen molar-refractivity contribution in [3.63, 3.8) is 0 Å². The van der Waals surface area contributed by atoms with Gasteiger partial charge in [0.2, 0.25) is 0 Å². The molecular formula is C78H79NO2. The first kappa shape index (κ1) is 58.4. The Morgan fingerprint density at radius 1 is 0.296 bits per heavy atom. The third-order valence-corrected chi connectivity index (χ3v) is 14.4. The highest BCUT2D eigenvalue weighted by Crippen LogP contribution is 2.33. The van der Waals surface area contributed by atoms with Gasteiger partial charge >= 0.3 is 0 Å². The predicted molar refractivity (Wildman–Crippen MR) is 347 cm³/mol. The van der Waals surface area contributed by atoms with Crippen LogP contribution in [0.3, 0.4) is 0 Å². The lowest BCUT2D eigenvalue weighted by Crippen LogP contribution is -1.88. The summed E-state index contributed by atoms with van der Waals surface area (Å²) in [5, 5.41) is 2.33. The topological polar surface area (TPSA) is 39.2 Å². The summed E-state index contributed by atoms with van der Waals surface area (Å²) in [4.78, 5) is 4.35. The van der Waals surface area contributed by atoms with Crippen molar-refractivity contribution in [2.24, 2.45) is 0 Å². The average molecular weight is 1060 g/mol. The van der Waals surface area contributed by atoms with E-state index >= 15 is 0 Å². The molecule has 0 bridgehead atoms. The fourth-order valence-electron chi connectivity index (χ4n) is 9.45. The van der Waals surface area contributed by atoms with Crippen LogP contribution in [0, 0.1) is 0 Å². The summed E-state index contributed by atoms with van der Waals surface area (Å²) in [5.74, 6) is 3.77. The highest BCUT2D eigenvalue weighted by atomic mass is 16.3. The van der Waals surface area contributed by atoms with Gasteiger partial charge < -0.3 is 8.83 Å². The van der Waals surface area contributed by atoms with Gasteiger partial charge in [0.05, 0.1) is 12.0 Å². The summed E-state index contributed by atoms with van der Waals surface area (Å²) in [5.41, 5.74) is 19.7. The van der Waals surface area contributed by atoms with E-state index in [1.54, 1.807) is 0 Å². The van der Waals surface area contributed by atoms with Gasteiger partial charge in [-0.25, -0.2) is 0 Å². The Bertz CT molecular complexity index is 3560. The molecule has 81 heavy (non-hydrogen) atoms. The zero-order valence-electron chi connectivity index (χ0n) is 49.1. The summed E-state index contributed by atoms with van der Waals surface area (Å²) in [6.45, 7) is 22.2. The first-order chi connectivity index (χ1) is 39.3. The molecule has 0 saturated heterocycles. The van der Waals surface area contributed by atoms with Crippen molar-refractivity contribution < 1.29 is 8.83 Å². The first-order valence-electron chi connectivity index (χ1n) is 28.8. The minimum atomic E-state index is 0.536. The zero-order valence-corrected chi connectivity index (χ0v) is 49.1. The van der Waals surface area contributed by atoms with E-state index in [1.807, 2.05) is 67.1 Å². The number of nitrogens with zero attached hydrogens (tertiary/aromatic N) is 1. The Kier molecular flexibility index (Phi) is 20.8. The van der Waals surface area contributed by atoms with Crippen LogP contribution in [0.5, 0.6) is 0 Å². The molecule has 3 heteroatoms. The number of rotatable bonds is 10. The molecule has 0 atom stereocenters. The molecule has 0 saturated carbocycles. The normalized spacial score (nSPS) is 10.9. The molecule has 0 aliphatic rings. The molecule has 3 aromatic heterocycles. The summed E-state index contributed by atoms with van der Waals surface area (Å²) < 4.78 is 11.5. The second-order valence-corrected chi connectivity index (χ2v) is 22.1. The average Bonchev–Trinajstić information content (AvgIpc) is 4.24. The van der Waals surface area contributed by atoms with E-state index in [9.17, 15) is 0 Å². The Labute approximate surface area is 483 Å². The van der Waals surface area contributed by atoms with Crippen LogP contribution in [-0.4, -0.2) is 4.98 Å². The third kappa shape index (κ3) is 16.4. The van der Waals surface area contributed by atoms with E-state index < -0.39 is 0 Å². The van der Waals surface area contributed by atoms with Crippen molar-refractivity contribution in [3.05, 3.63) is 295 Å². The number of furan rings is 2. The number of para-hydroxylation sites is 2. The summed E-state index contributed by atoms with van der Waals surface area (Å²) in [6.07, 6.45) is 3.68. The third-order valence-electron chi connectivity index (χ3n) is 14.4. The van der Waals surface area contributed by atoms with Crippen molar-refractivity contribution in [2.75, 3.05) is 0 Å². The van der Waals surface area contributed by atoms with Crippen molar-refractivity contribution in [1.29, 1.82) is 0 Å². The van der Waals surface area contributed by atoms with Crippen LogP contribution < -0.4 is 0 Å². The minimum Gasteiger partial charge on any atom is -0.464 e.